The molecule has 4 aromatic rings. The first-order chi connectivity index (χ1) is 11.3. The molecule has 0 bridgehead atoms. The lowest BCUT2D eigenvalue weighted by Crippen LogP contribution is -1.98. The summed E-state index contributed by atoms with van der Waals surface area (Å²) in [5.41, 5.74) is 0.768. The Bertz CT molecular complexity index is 933. The number of benzene rings is 2. The van der Waals surface area contributed by atoms with Gasteiger partial charge in [-0.15, -0.1) is 0 Å². The summed E-state index contributed by atoms with van der Waals surface area (Å²) in [7, 11) is 0. The molecule has 0 atom stereocenters. The molecule has 0 fully saturated rings. The summed E-state index contributed by atoms with van der Waals surface area (Å²) in [5, 5.41) is 2.24. The van der Waals surface area contributed by atoms with Gasteiger partial charge >= 0.3 is 0 Å². The van der Waals surface area contributed by atoms with Crippen LogP contribution in [0.4, 0.5) is 0 Å². The first kappa shape index (κ1) is 13.6. The normalized spacial score (nSPS) is 11.0. The molecular weight excluding hydrogens is 290 g/mol. The monoisotopic (exact) mass is 305 g/mol. The second kappa shape index (κ2) is 5.65. The minimum atomic E-state index is 0.351. The largest absolute Gasteiger partial charge is 0.487 e. The van der Waals surface area contributed by atoms with Gasteiger partial charge in [-0.2, -0.15) is 0 Å². The van der Waals surface area contributed by atoms with E-state index in [-0.39, 0.29) is 0 Å². The minimum absolute atomic E-state index is 0.351. The second-order valence-corrected chi connectivity index (χ2v) is 5.27. The van der Waals surface area contributed by atoms with Gasteiger partial charge in [0, 0.05) is 5.39 Å². The number of nitrogens with zero attached hydrogens (tertiary/aromatic N) is 1. The van der Waals surface area contributed by atoms with E-state index in [0.29, 0.717) is 18.3 Å². The quantitative estimate of drug-likeness (QED) is 0.534. The van der Waals surface area contributed by atoms with E-state index in [4.69, 9.17) is 13.6 Å². The maximum atomic E-state index is 5.96. The zero-order valence-corrected chi connectivity index (χ0v) is 12.7. The molecule has 0 saturated heterocycles. The Kier molecular flexibility index (Phi) is 3.35. The number of hydrogen-bond donors (Lipinski definition) is 0. The maximum absolute atomic E-state index is 5.96. The molecule has 0 unspecified atom stereocenters. The summed E-state index contributed by atoms with van der Waals surface area (Å²) < 4.78 is 16.9. The van der Waals surface area contributed by atoms with Crippen molar-refractivity contribution >= 4 is 10.8 Å². The third-order valence-corrected chi connectivity index (χ3v) is 3.74. The van der Waals surface area contributed by atoms with Crippen LogP contribution in [0.5, 0.6) is 5.75 Å². The van der Waals surface area contributed by atoms with Crippen LogP contribution in [0.3, 0.4) is 0 Å². The van der Waals surface area contributed by atoms with Crippen molar-refractivity contribution in [3.63, 3.8) is 0 Å². The van der Waals surface area contributed by atoms with E-state index in [1.54, 1.807) is 12.3 Å². The number of aryl methyl sites for hydroxylation is 1. The molecule has 0 N–H and O–H groups in total. The van der Waals surface area contributed by atoms with Crippen molar-refractivity contribution in [2.75, 3.05) is 0 Å². The van der Waals surface area contributed by atoms with Crippen LogP contribution in [0.15, 0.2) is 69.7 Å². The summed E-state index contributed by atoms with van der Waals surface area (Å²) in [4.78, 5) is 4.46. The van der Waals surface area contributed by atoms with Crippen molar-refractivity contribution in [2.24, 2.45) is 0 Å². The van der Waals surface area contributed by atoms with Crippen LogP contribution in [0, 0.1) is 6.92 Å². The number of fused-ring (bicyclic) bond motifs is 1. The standard InChI is InChI=1S/C19H15NO3/c1-13-16(20-19(23-13)18-10-5-11-21-18)12-22-17-9-4-7-14-6-2-3-8-15(14)17/h2-11H,12H2,1H3. The average molecular weight is 305 g/mol. The van der Waals surface area contributed by atoms with Crippen molar-refractivity contribution in [1.82, 2.24) is 4.98 Å². The molecular formula is C19H15NO3. The Morgan fingerprint density at radius 1 is 1.00 bits per heavy atom. The van der Waals surface area contributed by atoms with Crippen LogP contribution in [0.2, 0.25) is 0 Å². The van der Waals surface area contributed by atoms with Gasteiger partial charge in [0.15, 0.2) is 5.76 Å². The molecule has 4 heteroatoms. The van der Waals surface area contributed by atoms with E-state index in [9.17, 15) is 0 Å². The minimum Gasteiger partial charge on any atom is -0.487 e. The molecule has 23 heavy (non-hydrogen) atoms. The molecule has 2 aromatic heterocycles. The number of hydrogen-bond acceptors (Lipinski definition) is 4. The van der Waals surface area contributed by atoms with Gasteiger partial charge in [0.25, 0.3) is 5.89 Å². The van der Waals surface area contributed by atoms with Gasteiger partial charge < -0.3 is 13.6 Å². The van der Waals surface area contributed by atoms with Crippen LogP contribution >= 0.6 is 0 Å². The number of oxazole rings is 1. The predicted octanol–water partition coefficient (Wildman–Crippen LogP) is 4.98. The second-order valence-electron chi connectivity index (χ2n) is 5.27. The molecule has 0 aliphatic heterocycles. The highest BCUT2D eigenvalue weighted by Crippen LogP contribution is 2.27. The third-order valence-electron chi connectivity index (χ3n) is 3.74. The molecule has 4 rings (SSSR count). The Hall–Kier alpha value is -3.01. The molecule has 2 heterocycles. The number of ether oxygens (including phenoxy) is 1. The summed E-state index contributed by atoms with van der Waals surface area (Å²) in [5.74, 6) is 2.66. The lowest BCUT2D eigenvalue weighted by atomic mass is 10.1. The van der Waals surface area contributed by atoms with Crippen molar-refractivity contribution in [3.8, 4) is 17.4 Å². The molecule has 0 aliphatic carbocycles. The number of furan rings is 1. The fourth-order valence-electron chi connectivity index (χ4n) is 2.54. The van der Waals surface area contributed by atoms with E-state index in [1.165, 1.54) is 0 Å². The van der Waals surface area contributed by atoms with E-state index in [2.05, 4.69) is 23.2 Å². The number of rotatable bonds is 4. The first-order valence-corrected chi connectivity index (χ1v) is 7.42. The van der Waals surface area contributed by atoms with Gasteiger partial charge in [-0.25, -0.2) is 4.98 Å². The van der Waals surface area contributed by atoms with E-state index >= 15 is 0 Å². The zero-order valence-electron chi connectivity index (χ0n) is 12.7. The SMILES string of the molecule is Cc1oc(-c2ccco2)nc1COc1cccc2ccccc12. The Balaban J connectivity index is 1.59. The van der Waals surface area contributed by atoms with Gasteiger partial charge in [-0.1, -0.05) is 36.4 Å². The zero-order chi connectivity index (χ0) is 15.6. The summed E-state index contributed by atoms with van der Waals surface area (Å²) in [6, 6.07) is 17.8. The molecule has 0 amide bonds. The fraction of sp³-hybridized carbons (Fsp3) is 0.105. The molecule has 0 spiro atoms. The lowest BCUT2D eigenvalue weighted by molar-refractivity contribution is 0.303. The van der Waals surface area contributed by atoms with Crippen molar-refractivity contribution in [2.45, 2.75) is 13.5 Å². The van der Waals surface area contributed by atoms with Crippen LogP contribution < -0.4 is 4.74 Å². The molecule has 114 valence electrons. The van der Waals surface area contributed by atoms with Crippen molar-refractivity contribution in [1.29, 1.82) is 0 Å². The van der Waals surface area contributed by atoms with Gasteiger partial charge in [0.05, 0.1) is 6.26 Å². The first-order valence-electron chi connectivity index (χ1n) is 7.42. The molecule has 0 radical (unpaired) electrons. The topological polar surface area (TPSA) is 48.4 Å². The summed E-state index contributed by atoms with van der Waals surface area (Å²) >= 11 is 0. The molecule has 2 aromatic carbocycles. The van der Waals surface area contributed by atoms with Crippen LogP contribution in [-0.2, 0) is 6.61 Å². The lowest BCUT2D eigenvalue weighted by Gasteiger charge is -2.08. The fourth-order valence-corrected chi connectivity index (χ4v) is 2.54. The average Bonchev–Trinajstić information content (AvgIpc) is 3.22. The van der Waals surface area contributed by atoms with Gasteiger partial charge in [0.1, 0.15) is 23.8 Å². The van der Waals surface area contributed by atoms with Crippen molar-refractivity contribution < 1.29 is 13.6 Å². The highest BCUT2D eigenvalue weighted by molar-refractivity contribution is 5.88. The highest BCUT2D eigenvalue weighted by Gasteiger charge is 2.14. The summed E-state index contributed by atoms with van der Waals surface area (Å²) in [6.45, 7) is 2.23. The van der Waals surface area contributed by atoms with Gasteiger partial charge in [-0.3, -0.25) is 0 Å². The predicted molar refractivity (Wildman–Crippen MR) is 87.2 cm³/mol. The highest BCUT2D eigenvalue weighted by atomic mass is 16.5. The van der Waals surface area contributed by atoms with E-state index < -0.39 is 0 Å². The third kappa shape index (κ3) is 2.59. The Labute approximate surface area is 133 Å². The Morgan fingerprint density at radius 3 is 2.74 bits per heavy atom. The molecule has 4 nitrogen and oxygen atoms in total. The number of aromatic nitrogens is 1. The maximum Gasteiger partial charge on any atom is 0.263 e. The van der Waals surface area contributed by atoms with Gasteiger partial charge in [0.2, 0.25) is 0 Å². The van der Waals surface area contributed by atoms with Crippen LogP contribution in [0.1, 0.15) is 11.5 Å². The van der Waals surface area contributed by atoms with Crippen molar-refractivity contribution in [3.05, 3.63) is 72.3 Å². The van der Waals surface area contributed by atoms with E-state index in [0.717, 1.165) is 28.0 Å². The summed E-state index contributed by atoms with van der Waals surface area (Å²) in [6.07, 6.45) is 1.60. The van der Waals surface area contributed by atoms with Crippen LogP contribution in [0.25, 0.3) is 22.4 Å². The van der Waals surface area contributed by atoms with Gasteiger partial charge in [-0.05, 0) is 30.5 Å². The smallest absolute Gasteiger partial charge is 0.263 e. The van der Waals surface area contributed by atoms with E-state index in [1.807, 2.05) is 37.3 Å². The molecule has 0 saturated carbocycles. The van der Waals surface area contributed by atoms with Crippen LogP contribution in [-0.4, -0.2) is 4.98 Å². The molecule has 0 aliphatic rings. The Morgan fingerprint density at radius 2 is 1.87 bits per heavy atom.